The first-order valence-corrected chi connectivity index (χ1v) is 8.39. The Morgan fingerprint density at radius 2 is 1.76 bits per heavy atom. The van der Waals surface area contributed by atoms with Crippen molar-refractivity contribution >= 4 is 5.78 Å². The smallest absolute Gasteiger partial charge is 0.417 e. The molecule has 0 atom stereocenters. The van der Waals surface area contributed by atoms with E-state index in [1.165, 1.54) is 35.0 Å². The van der Waals surface area contributed by atoms with Crippen LogP contribution < -0.4 is 4.74 Å². The Morgan fingerprint density at radius 1 is 0.966 bits per heavy atom. The molecule has 2 aromatic carbocycles. The molecule has 0 aliphatic heterocycles. The summed E-state index contributed by atoms with van der Waals surface area (Å²) in [5, 5.41) is 0. The summed E-state index contributed by atoms with van der Waals surface area (Å²) in [5.41, 5.74) is -0.679. The molecule has 4 nitrogen and oxygen atoms in total. The highest BCUT2D eigenvalue weighted by Gasteiger charge is 2.34. The van der Waals surface area contributed by atoms with E-state index in [0.717, 1.165) is 12.1 Å². The van der Waals surface area contributed by atoms with Gasteiger partial charge in [0, 0.05) is 30.2 Å². The highest BCUT2D eigenvalue weighted by molar-refractivity contribution is 5.67. The summed E-state index contributed by atoms with van der Waals surface area (Å²) in [6.45, 7) is 0.0203. The molecular formula is C20H12F5N3O. The topological polar surface area (TPSA) is 39.4 Å². The number of benzene rings is 2. The second-order valence-electron chi connectivity index (χ2n) is 6.22. The SMILES string of the molecule is Fc1cccc(OCc2cn3cc(-c4ccc(F)cc4C(F)(F)F)cnc3n2)c1. The molecule has 0 radical (unpaired) electrons. The third-order valence-electron chi connectivity index (χ3n) is 4.14. The average molecular weight is 405 g/mol. The second-order valence-corrected chi connectivity index (χ2v) is 6.22. The van der Waals surface area contributed by atoms with Gasteiger partial charge in [0.2, 0.25) is 5.78 Å². The van der Waals surface area contributed by atoms with Crippen molar-refractivity contribution in [1.82, 2.24) is 14.4 Å². The summed E-state index contributed by atoms with van der Waals surface area (Å²) in [7, 11) is 0. The molecule has 4 rings (SSSR count). The van der Waals surface area contributed by atoms with Gasteiger partial charge in [0.15, 0.2) is 0 Å². The first-order chi connectivity index (χ1) is 13.8. The predicted octanol–water partition coefficient (Wildman–Crippen LogP) is 5.27. The molecule has 0 N–H and O–H groups in total. The lowest BCUT2D eigenvalue weighted by molar-refractivity contribution is -0.137. The van der Waals surface area contributed by atoms with E-state index in [0.29, 0.717) is 17.5 Å². The van der Waals surface area contributed by atoms with E-state index in [9.17, 15) is 22.0 Å². The van der Waals surface area contributed by atoms with Crippen LogP contribution in [0.1, 0.15) is 11.3 Å². The number of hydrogen-bond donors (Lipinski definition) is 0. The van der Waals surface area contributed by atoms with E-state index in [1.807, 2.05) is 0 Å². The van der Waals surface area contributed by atoms with Gasteiger partial charge in [-0.2, -0.15) is 13.2 Å². The summed E-state index contributed by atoms with van der Waals surface area (Å²) >= 11 is 0. The molecular weight excluding hydrogens is 393 g/mol. The summed E-state index contributed by atoms with van der Waals surface area (Å²) in [5.74, 6) is -0.850. The fraction of sp³-hybridized carbons (Fsp3) is 0.100. The van der Waals surface area contributed by atoms with E-state index in [-0.39, 0.29) is 23.5 Å². The number of hydrogen-bond acceptors (Lipinski definition) is 3. The van der Waals surface area contributed by atoms with Crippen molar-refractivity contribution in [2.45, 2.75) is 12.8 Å². The van der Waals surface area contributed by atoms with Crippen molar-refractivity contribution in [3.05, 3.63) is 83.9 Å². The lowest BCUT2D eigenvalue weighted by Gasteiger charge is -2.13. The maximum atomic E-state index is 13.3. The highest BCUT2D eigenvalue weighted by Crippen LogP contribution is 2.37. The largest absolute Gasteiger partial charge is 0.487 e. The Balaban J connectivity index is 1.64. The van der Waals surface area contributed by atoms with Gasteiger partial charge in [-0.1, -0.05) is 12.1 Å². The van der Waals surface area contributed by atoms with Crippen LogP contribution in [-0.4, -0.2) is 14.4 Å². The summed E-state index contributed by atoms with van der Waals surface area (Å²) < 4.78 is 73.3. The molecule has 2 heterocycles. The molecule has 2 aromatic heterocycles. The van der Waals surface area contributed by atoms with Crippen LogP contribution in [-0.2, 0) is 12.8 Å². The molecule has 0 spiro atoms. The Bertz CT molecular complexity index is 1190. The molecule has 29 heavy (non-hydrogen) atoms. The Morgan fingerprint density at radius 3 is 2.52 bits per heavy atom. The van der Waals surface area contributed by atoms with Gasteiger partial charge in [0.25, 0.3) is 0 Å². The van der Waals surface area contributed by atoms with Gasteiger partial charge in [0.1, 0.15) is 24.0 Å². The molecule has 0 amide bonds. The lowest BCUT2D eigenvalue weighted by Crippen LogP contribution is -2.08. The zero-order valence-corrected chi connectivity index (χ0v) is 14.6. The fourth-order valence-electron chi connectivity index (χ4n) is 2.86. The molecule has 0 fully saturated rings. The van der Waals surface area contributed by atoms with Crippen molar-refractivity contribution in [3.63, 3.8) is 0 Å². The summed E-state index contributed by atoms with van der Waals surface area (Å²) in [6, 6.07) is 8.07. The molecule has 0 bridgehead atoms. The number of ether oxygens (including phenoxy) is 1. The van der Waals surface area contributed by atoms with Gasteiger partial charge in [-0.3, -0.25) is 4.40 Å². The number of rotatable bonds is 4. The van der Waals surface area contributed by atoms with Crippen LogP contribution in [0.5, 0.6) is 5.75 Å². The summed E-state index contributed by atoms with van der Waals surface area (Å²) in [6.07, 6.45) is -0.515. The number of nitrogens with zero attached hydrogens (tertiary/aromatic N) is 3. The van der Waals surface area contributed by atoms with Crippen molar-refractivity contribution in [1.29, 1.82) is 0 Å². The van der Waals surface area contributed by atoms with E-state index in [1.54, 1.807) is 12.3 Å². The van der Waals surface area contributed by atoms with Gasteiger partial charge in [-0.25, -0.2) is 18.7 Å². The van der Waals surface area contributed by atoms with Crippen molar-refractivity contribution in [2.75, 3.05) is 0 Å². The normalized spacial score (nSPS) is 11.8. The van der Waals surface area contributed by atoms with E-state index >= 15 is 0 Å². The van der Waals surface area contributed by atoms with E-state index in [2.05, 4.69) is 9.97 Å². The van der Waals surface area contributed by atoms with Crippen molar-refractivity contribution < 1.29 is 26.7 Å². The Labute approximate surface area is 161 Å². The Kier molecular flexibility index (Phi) is 4.65. The van der Waals surface area contributed by atoms with Gasteiger partial charge >= 0.3 is 6.18 Å². The number of alkyl halides is 3. The van der Waals surface area contributed by atoms with Gasteiger partial charge < -0.3 is 4.74 Å². The number of fused-ring (bicyclic) bond motifs is 1. The third-order valence-corrected chi connectivity index (χ3v) is 4.14. The van der Waals surface area contributed by atoms with Crippen LogP contribution in [0.25, 0.3) is 16.9 Å². The predicted molar refractivity (Wildman–Crippen MR) is 94.1 cm³/mol. The van der Waals surface area contributed by atoms with Gasteiger partial charge in [-0.15, -0.1) is 0 Å². The standard InChI is InChI=1S/C20H12F5N3O/c21-13-2-1-3-16(6-13)29-11-15-10-28-9-12(8-26-19(28)27-15)17-5-4-14(22)7-18(17)20(23,24)25/h1-10H,11H2. The van der Waals surface area contributed by atoms with Gasteiger partial charge in [-0.05, 0) is 29.8 Å². The van der Waals surface area contributed by atoms with Gasteiger partial charge in [0.05, 0.1) is 11.3 Å². The number of aromatic nitrogens is 3. The van der Waals surface area contributed by atoms with Crippen LogP contribution in [0.3, 0.4) is 0 Å². The van der Waals surface area contributed by atoms with Crippen LogP contribution in [0.15, 0.2) is 61.1 Å². The number of halogens is 5. The highest BCUT2D eigenvalue weighted by atomic mass is 19.4. The monoisotopic (exact) mass is 405 g/mol. The first-order valence-electron chi connectivity index (χ1n) is 8.39. The van der Waals surface area contributed by atoms with E-state index < -0.39 is 23.4 Å². The molecule has 0 saturated heterocycles. The van der Waals surface area contributed by atoms with Crippen molar-refractivity contribution in [3.8, 4) is 16.9 Å². The lowest BCUT2D eigenvalue weighted by atomic mass is 10.0. The Hall–Kier alpha value is -3.49. The molecule has 0 aliphatic carbocycles. The van der Waals surface area contributed by atoms with Crippen LogP contribution in [0.2, 0.25) is 0 Å². The maximum Gasteiger partial charge on any atom is 0.417 e. The molecule has 4 aromatic rings. The molecule has 148 valence electrons. The zero-order valence-electron chi connectivity index (χ0n) is 14.6. The minimum absolute atomic E-state index is 0.0203. The maximum absolute atomic E-state index is 13.3. The average Bonchev–Trinajstić information content (AvgIpc) is 3.08. The van der Waals surface area contributed by atoms with Crippen LogP contribution in [0, 0.1) is 11.6 Å². The summed E-state index contributed by atoms with van der Waals surface area (Å²) in [4.78, 5) is 8.29. The zero-order chi connectivity index (χ0) is 20.6. The molecule has 0 aliphatic rings. The molecule has 9 heteroatoms. The quantitative estimate of drug-likeness (QED) is 0.434. The van der Waals surface area contributed by atoms with Crippen molar-refractivity contribution in [2.24, 2.45) is 0 Å². The fourth-order valence-corrected chi connectivity index (χ4v) is 2.86. The minimum atomic E-state index is -4.72. The minimum Gasteiger partial charge on any atom is -0.487 e. The van der Waals surface area contributed by atoms with E-state index in [4.69, 9.17) is 4.74 Å². The third kappa shape index (κ3) is 4.03. The second kappa shape index (κ2) is 7.16. The van der Waals surface area contributed by atoms with Crippen LogP contribution in [0.4, 0.5) is 22.0 Å². The molecule has 0 saturated carbocycles. The van der Waals surface area contributed by atoms with Crippen LogP contribution >= 0.6 is 0 Å². The number of imidazole rings is 1. The molecule has 0 unspecified atom stereocenters. The first kappa shape index (κ1) is 18.9.